The number of carbonyl (C=O) groups is 1. The van der Waals surface area contributed by atoms with Gasteiger partial charge in [0, 0.05) is 19.1 Å². The highest BCUT2D eigenvalue weighted by Crippen LogP contribution is 2.44. The molecule has 0 aromatic heterocycles. The Kier molecular flexibility index (Phi) is 35.4. The molecule has 0 fully saturated rings. The number of amides is 1. The van der Waals surface area contributed by atoms with Gasteiger partial charge in [-0.1, -0.05) is 133 Å². The average molecular weight is 890 g/mol. The van der Waals surface area contributed by atoms with E-state index in [-0.39, 0.29) is 12.5 Å². The quantitative estimate of drug-likeness (QED) is 0.0638. The molecule has 13 nitrogen and oxygen atoms in total. The number of unbranched alkanes of at least 4 members (excludes halogenated alkanes) is 12. The predicted molar refractivity (Wildman–Crippen MR) is 247 cm³/mol. The summed E-state index contributed by atoms with van der Waals surface area (Å²) >= 11 is 0. The van der Waals surface area contributed by atoms with E-state index in [2.05, 4.69) is 36.5 Å². The maximum Gasteiger partial charge on any atom is 0.407 e. The minimum Gasteiger partial charge on any atom is -0.449 e. The Balaban J connectivity index is 0.907. The van der Waals surface area contributed by atoms with Crippen LogP contribution >= 0.6 is 0 Å². The van der Waals surface area contributed by atoms with E-state index in [1.165, 1.54) is 99.3 Å². The second kappa shape index (κ2) is 40.8. The molecule has 0 aliphatic heterocycles. The summed E-state index contributed by atoms with van der Waals surface area (Å²) in [5.74, 6) is 0.0381. The third-order valence-electron chi connectivity index (χ3n) is 10.6. The van der Waals surface area contributed by atoms with Crippen molar-refractivity contribution < 1.29 is 56.9 Å². The fourth-order valence-electron chi connectivity index (χ4n) is 7.18. The molecule has 2 aromatic carbocycles. The van der Waals surface area contributed by atoms with Crippen LogP contribution in [0.5, 0.6) is 0 Å². The van der Waals surface area contributed by atoms with Crippen molar-refractivity contribution in [3.63, 3.8) is 0 Å². The number of alkyl carbamates (subject to hydrolysis) is 1. The van der Waals surface area contributed by atoms with Crippen molar-refractivity contribution >= 4 is 6.09 Å². The predicted octanol–water partition coefficient (Wildman–Crippen LogP) is 8.78. The smallest absolute Gasteiger partial charge is 0.407 e. The highest BCUT2D eigenvalue weighted by atomic mass is 16.6. The number of hydrogen-bond donors (Lipinski definition) is 1. The fraction of sp³-hybridized carbons (Fsp3) is 0.740. The number of hydrogen-bond acceptors (Lipinski definition) is 12. The van der Waals surface area contributed by atoms with E-state index < -0.39 is 6.09 Å². The summed E-state index contributed by atoms with van der Waals surface area (Å²) in [5, 5.41) is 2.75. The molecule has 1 amide bonds. The van der Waals surface area contributed by atoms with Crippen molar-refractivity contribution in [1.82, 2.24) is 5.32 Å². The van der Waals surface area contributed by atoms with E-state index in [1.54, 1.807) is 0 Å². The van der Waals surface area contributed by atoms with E-state index in [1.807, 2.05) is 24.3 Å². The van der Waals surface area contributed by atoms with Crippen LogP contribution in [0, 0.1) is 0 Å². The Bertz CT molecular complexity index is 1290. The monoisotopic (exact) mass is 890 g/mol. The van der Waals surface area contributed by atoms with Gasteiger partial charge in [0.1, 0.15) is 6.61 Å². The normalized spacial score (nSPS) is 12.2. The number of benzene rings is 2. The van der Waals surface area contributed by atoms with Crippen molar-refractivity contribution in [1.29, 1.82) is 0 Å². The summed E-state index contributed by atoms with van der Waals surface area (Å²) in [5.41, 5.74) is 4.78. The molecule has 0 radical (unpaired) electrons. The minimum atomic E-state index is -0.449. The standard InChI is InChI=1S/C50H83NO12/c1-2-3-4-5-6-7-8-9-10-11-12-13-18-24-53-26-28-55-30-32-57-34-36-59-38-40-61-42-43-62-41-39-60-37-35-58-33-31-56-29-27-54-25-23-51-50(52)63-44-49-47-21-16-14-19-45(47)46-20-15-17-22-48(46)49/h14-17,19-22,49H,2-13,18,23-44H2,1H3,(H,51,52). The lowest BCUT2D eigenvalue weighted by molar-refractivity contribution is -0.0264. The zero-order valence-electron chi connectivity index (χ0n) is 38.8. The van der Waals surface area contributed by atoms with Gasteiger partial charge in [-0.25, -0.2) is 4.79 Å². The highest BCUT2D eigenvalue weighted by molar-refractivity contribution is 5.79. The maximum absolute atomic E-state index is 12.3. The Labute approximate surface area is 379 Å². The molecule has 0 bridgehead atoms. The van der Waals surface area contributed by atoms with Crippen LogP contribution in [0.1, 0.15) is 107 Å². The van der Waals surface area contributed by atoms with Gasteiger partial charge in [0.2, 0.25) is 0 Å². The summed E-state index contributed by atoms with van der Waals surface area (Å²) < 4.78 is 61.1. The van der Waals surface area contributed by atoms with Gasteiger partial charge in [-0.3, -0.25) is 0 Å². The lowest BCUT2D eigenvalue weighted by Gasteiger charge is -2.14. The Morgan fingerprint density at radius 1 is 0.397 bits per heavy atom. The van der Waals surface area contributed by atoms with E-state index in [0.29, 0.717) is 132 Å². The first-order chi connectivity index (χ1) is 31.3. The molecular formula is C50H83NO12. The molecule has 0 saturated heterocycles. The lowest BCUT2D eigenvalue weighted by atomic mass is 9.98. The van der Waals surface area contributed by atoms with Gasteiger partial charge in [0.15, 0.2) is 0 Å². The van der Waals surface area contributed by atoms with Crippen LogP contribution in [0.3, 0.4) is 0 Å². The third-order valence-corrected chi connectivity index (χ3v) is 10.6. The van der Waals surface area contributed by atoms with Crippen molar-refractivity contribution in [2.75, 3.05) is 145 Å². The van der Waals surface area contributed by atoms with Gasteiger partial charge in [0.25, 0.3) is 0 Å². The molecule has 0 saturated carbocycles. The molecular weight excluding hydrogens is 807 g/mol. The minimum absolute atomic E-state index is 0.0381. The average Bonchev–Trinajstić information content (AvgIpc) is 3.63. The molecule has 13 heteroatoms. The van der Waals surface area contributed by atoms with Gasteiger partial charge >= 0.3 is 6.09 Å². The van der Waals surface area contributed by atoms with E-state index in [4.69, 9.17) is 52.1 Å². The lowest BCUT2D eigenvalue weighted by Crippen LogP contribution is -2.29. The third kappa shape index (κ3) is 28.8. The van der Waals surface area contributed by atoms with Crippen molar-refractivity contribution in [3.05, 3.63) is 59.7 Å². The summed E-state index contributed by atoms with van der Waals surface area (Å²) in [6, 6.07) is 16.5. The Hall–Kier alpha value is -2.69. The first-order valence-electron chi connectivity index (χ1n) is 24.2. The second-order valence-electron chi connectivity index (χ2n) is 15.6. The molecule has 360 valence electrons. The molecule has 0 atom stereocenters. The topological polar surface area (TPSA) is 131 Å². The zero-order chi connectivity index (χ0) is 44.4. The molecule has 0 unspecified atom stereocenters. The first kappa shape index (κ1) is 54.6. The number of fused-ring (bicyclic) bond motifs is 3. The zero-order valence-corrected chi connectivity index (χ0v) is 38.8. The molecule has 63 heavy (non-hydrogen) atoms. The fourth-order valence-corrected chi connectivity index (χ4v) is 7.18. The van der Waals surface area contributed by atoms with Crippen molar-refractivity contribution in [3.8, 4) is 11.1 Å². The van der Waals surface area contributed by atoms with Gasteiger partial charge in [-0.2, -0.15) is 0 Å². The van der Waals surface area contributed by atoms with Crippen LogP contribution in [0.15, 0.2) is 48.5 Å². The molecule has 1 aliphatic rings. The summed E-state index contributed by atoms with van der Waals surface area (Å²) in [6.45, 7) is 13.4. The van der Waals surface area contributed by atoms with Gasteiger partial charge in [0.05, 0.1) is 126 Å². The molecule has 0 spiro atoms. The number of rotatable bonds is 46. The van der Waals surface area contributed by atoms with Crippen molar-refractivity contribution in [2.24, 2.45) is 0 Å². The summed E-state index contributed by atoms with van der Waals surface area (Å²) in [7, 11) is 0. The Morgan fingerprint density at radius 2 is 0.698 bits per heavy atom. The van der Waals surface area contributed by atoms with Crippen LogP contribution in [-0.4, -0.2) is 151 Å². The van der Waals surface area contributed by atoms with E-state index >= 15 is 0 Å². The van der Waals surface area contributed by atoms with Crippen LogP contribution in [0.4, 0.5) is 4.79 Å². The van der Waals surface area contributed by atoms with Crippen LogP contribution in [0.25, 0.3) is 11.1 Å². The summed E-state index contributed by atoms with van der Waals surface area (Å²) in [6.07, 6.45) is 17.3. The van der Waals surface area contributed by atoms with Crippen LogP contribution < -0.4 is 5.32 Å². The molecule has 1 N–H and O–H groups in total. The maximum atomic E-state index is 12.3. The Morgan fingerprint density at radius 3 is 1.06 bits per heavy atom. The van der Waals surface area contributed by atoms with Gasteiger partial charge in [-0.15, -0.1) is 0 Å². The number of ether oxygens (including phenoxy) is 11. The van der Waals surface area contributed by atoms with Crippen LogP contribution in [0.2, 0.25) is 0 Å². The largest absolute Gasteiger partial charge is 0.449 e. The highest BCUT2D eigenvalue weighted by Gasteiger charge is 2.29. The van der Waals surface area contributed by atoms with Crippen molar-refractivity contribution in [2.45, 2.75) is 96.3 Å². The van der Waals surface area contributed by atoms with E-state index in [9.17, 15) is 4.79 Å². The number of carbonyl (C=O) groups excluding carboxylic acids is 1. The first-order valence-corrected chi connectivity index (χ1v) is 24.2. The second-order valence-corrected chi connectivity index (χ2v) is 15.6. The van der Waals surface area contributed by atoms with Gasteiger partial charge < -0.3 is 57.4 Å². The molecule has 1 aliphatic carbocycles. The van der Waals surface area contributed by atoms with Crippen LogP contribution in [-0.2, 0) is 52.1 Å². The molecule has 3 rings (SSSR count). The molecule has 0 heterocycles. The number of nitrogens with one attached hydrogen (secondary N) is 1. The van der Waals surface area contributed by atoms with E-state index in [0.717, 1.165) is 13.0 Å². The molecule has 2 aromatic rings. The van der Waals surface area contributed by atoms with Gasteiger partial charge in [-0.05, 0) is 28.7 Å². The SMILES string of the molecule is CCCCCCCCCCCCCCCOCCOCCOCCOCCOCCOCCOCCOCCOCCOCCNC(=O)OCC1c2ccccc2-c2ccccc21. The summed E-state index contributed by atoms with van der Waals surface area (Å²) in [4.78, 5) is 12.3.